The van der Waals surface area contributed by atoms with Gasteiger partial charge in [-0.15, -0.1) is 0 Å². The van der Waals surface area contributed by atoms with Crippen LogP contribution in [0.15, 0.2) is 18.3 Å². The van der Waals surface area contributed by atoms with Crippen LogP contribution in [0.4, 0.5) is 4.79 Å². The van der Waals surface area contributed by atoms with Gasteiger partial charge < -0.3 is 14.2 Å². The number of nitrogens with zero attached hydrogens (tertiary/aromatic N) is 1. The number of rotatable bonds is 12. The molecule has 0 fully saturated rings. The Morgan fingerprint density at radius 3 is 2.12 bits per heavy atom. The van der Waals surface area contributed by atoms with Crippen molar-refractivity contribution in [3.05, 3.63) is 29.6 Å². The fraction of sp³-hybridized carbons (Fsp3) is 0.654. The van der Waals surface area contributed by atoms with Crippen molar-refractivity contribution in [2.45, 2.75) is 78.2 Å². The monoisotopic (exact) mass is 589 g/mol. The van der Waals surface area contributed by atoms with E-state index in [1.807, 2.05) is 52.8 Å². The molecule has 1 atom stereocenters. The number of halogens is 1. The van der Waals surface area contributed by atoms with Crippen molar-refractivity contribution in [1.29, 1.82) is 0 Å². The van der Waals surface area contributed by atoms with Gasteiger partial charge in [0.1, 0.15) is 5.60 Å². The zero-order valence-electron chi connectivity index (χ0n) is 21.6. The molecule has 1 rings (SSSR count). The molecule has 0 radical (unpaired) electrons. The zero-order chi connectivity index (χ0) is 25.9. The third-order valence-electron chi connectivity index (χ3n) is 5.38. The van der Waals surface area contributed by atoms with Crippen molar-refractivity contribution in [1.82, 2.24) is 4.57 Å². The Hall–Kier alpha value is -1.84. The number of hydrogen-bond acceptors (Lipinski definition) is 6. The Morgan fingerprint density at radius 2 is 1.62 bits per heavy atom. The Bertz CT molecular complexity index is 821. The molecule has 0 aliphatic heterocycles. The summed E-state index contributed by atoms with van der Waals surface area (Å²) in [5.74, 6) is -3.12. The number of aromatic nitrogens is 1. The quantitative estimate of drug-likeness (QED) is 0.0704. The van der Waals surface area contributed by atoms with E-state index in [4.69, 9.17) is 14.2 Å². The van der Waals surface area contributed by atoms with Gasteiger partial charge in [0.2, 0.25) is 0 Å². The normalized spacial score (nSPS) is 12.9. The molecule has 0 aromatic carbocycles. The second-order valence-electron chi connectivity index (χ2n) is 9.64. The van der Waals surface area contributed by atoms with Crippen LogP contribution in [-0.2, 0) is 23.8 Å². The van der Waals surface area contributed by atoms with E-state index in [1.54, 1.807) is 6.20 Å². The van der Waals surface area contributed by atoms with Crippen LogP contribution in [-0.4, -0.2) is 46.8 Å². The number of methoxy groups -OCH3 is 2. The Labute approximate surface area is 217 Å². The highest BCUT2D eigenvalue weighted by Gasteiger charge is 2.40. The predicted octanol–water partition coefficient (Wildman–Crippen LogP) is 6.37. The summed E-state index contributed by atoms with van der Waals surface area (Å²) in [7, 11) is 2.49. The molecule has 0 aliphatic carbocycles. The van der Waals surface area contributed by atoms with Gasteiger partial charge in [-0.2, -0.15) is 0 Å². The average molecular weight is 590 g/mol. The smallest absolute Gasteiger partial charge is 0.418 e. The number of alkyl halides is 1. The SMILES string of the molecule is COC(=O)C(C(=O)OC)C(c1cc(/C=C\CCCCCCI)n(C(=O)OC(C)(C)C)c1)C(C)C. The molecule has 192 valence electrons. The van der Waals surface area contributed by atoms with Crippen LogP contribution in [0.3, 0.4) is 0 Å². The Balaban J connectivity index is 3.36. The van der Waals surface area contributed by atoms with Gasteiger partial charge in [-0.05, 0) is 68.1 Å². The first-order chi connectivity index (χ1) is 16.0. The minimum absolute atomic E-state index is 0.104. The fourth-order valence-electron chi connectivity index (χ4n) is 3.80. The molecule has 1 aromatic rings. The van der Waals surface area contributed by atoms with Crippen LogP contribution >= 0.6 is 22.6 Å². The topological polar surface area (TPSA) is 83.8 Å². The lowest BCUT2D eigenvalue weighted by atomic mass is 9.79. The number of carbonyl (C=O) groups is 3. The minimum atomic E-state index is -1.14. The standard InChI is InChI=1S/C26H40INO6/c1-18(2)21(22(23(29)32-6)24(30)33-7)19-16-20(14-12-10-8-9-11-13-15-27)28(17-19)25(31)34-26(3,4)5/h12,14,16-18,21-22H,8-11,13,15H2,1-7H3/b14-12-. The van der Waals surface area contributed by atoms with Gasteiger partial charge in [-0.3, -0.25) is 14.2 Å². The number of allylic oxidation sites excluding steroid dienone is 1. The second-order valence-corrected chi connectivity index (χ2v) is 10.7. The number of carbonyl (C=O) groups excluding carboxylic acids is 3. The first-order valence-corrected chi connectivity index (χ1v) is 13.3. The molecule has 34 heavy (non-hydrogen) atoms. The van der Waals surface area contributed by atoms with E-state index in [0.29, 0.717) is 11.3 Å². The number of ether oxygens (including phenoxy) is 3. The first-order valence-electron chi connectivity index (χ1n) is 11.8. The maximum Gasteiger partial charge on any atom is 0.418 e. The van der Waals surface area contributed by atoms with Gasteiger partial charge >= 0.3 is 18.0 Å². The zero-order valence-corrected chi connectivity index (χ0v) is 23.7. The minimum Gasteiger partial charge on any atom is -0.468 e. The van der Waals surface area contributed by atoms with E-state index in [0.717, 1.165) is 12.8 Å². The van der Waals surface area contributed by atoms with Crippen LogP contribution in [0.5, 0.6) is 0 Å². The molecular weight excluding hydrogens is 549 g/mol. The molecular formula is C26H40INO6. The van der Waals surface area contributed by atoms with Crippen LogP contribution < -0.4 is 0 Å². The maximum absolute atomic E-state index is 13.0. The largest absolute Gasteiger partial charge is 0.468 e. The van der Waals surface area contributed by atoms with Crippen molar-refractivity contribution in [2.75, 3.05) is 18.6 Å². The molecule has 8 heteroatoms. The van der Waals surface area contributed by atoms with Crippen molar-refractivity contribution < 1.29 is 28.6 Å². The summed E-state index contributed by atoms with van der Waals surface area (Å²) in [6.45, 7) is 9.26. The number of esters is 2. The summed E-state index contributed by atoms with van der Waals surface area (Å²) in [5, 5.41) is 0. The molecule has 0 aliphatic rings. The molecule has 1 aromatic heterocycles. The maximum atomic E-state index is 13.0. The summed E-state index contributed by atoms with van der Waals surface area (Å²) in [6, 6.07) is 1.83. The molecule has 1 unspecified atom stereocenters. The van der Waals surface area contributed by atoms with Crippen molar-refractivity contribution in [2.24, 2.45) is 11.8 Å². The van der Waals surface area contributed by atoms with E-state index in [-0.39, 0.29) is 5.92 Å². The van der Waals surface area contributed by atoms with E-state index < -0.39 is 35.5 Å². The van der Waals surface area contributed by atoms with Crippen molar-refractivity contribution in [3.8, 4) is 0 Å². The molecule has 1 heterocycles. The lowest BCUT2D eigenvalue weighted by molar-refractivity contribution is -0.160. The Kier molecular flexibility index (Phi) is 12.9. The molecule has 7 nitrogen and oxygen atoms in total. The van der Waals surface area contributed by atoms with E-state index in [2.05, 4.69) is 22.6 Å². The molecule has 0 N–H and O–H groups in total. The highest BCUT2D eigenvalue weighted by molar-refractivity contribution is 14.1. The molecule has 0 saturated heterocycles. The summed E-state index contributed by atoms with van der Waals surface area (Å²) in [6.07, 6.45) is 10.7. The van der Waals surface area contributed by atoms with Gasteiger partial charge in [0.15, 0.2) is 5.92 Å². The van der Waals surface area contributed by atoms with Crippen LogP contribution in [0.25, 0.3) is 6.08 Å². The molecule has 0 spiro atoms. The third kappa shape index (κ3) is 9.43. The first kappa shape index (κ1) is 30.2. The summed E-state index contributed by atoms with van der Waals surface area (Å²) >= 11 is 2.39. The fourth-order valence-corrected chi connectivity index (χ4v) is 4.34. The molecule has 0 amide bonds. The predicted molar refractivity (Wildman–Crippen MR) is 142 cm³/mol. The third-order valence-corrected chi connectivity index (χ3v) is 6.14. The summed E-state index contributed by atoms with van der Waals surface area (Å²) in [4.78, 5) is 38.0. The van der Waals surface area contributed by atoms with Crippen molar-refractivity contribution in [3.63, 3.8) is 0 Å². The van der Waals surface area contributed by atoms with E-state index in [1.165, 1.54) is 42.5 Å². The second kappa shape index (κ2) is 14.5. The van der Waals surface area contributed by atoms with E-state index in [9.17, 15) is 14.4 Å². The van der Waals surface area contributed by atoms with Gasteiger partial charge in [0, 0.05) is 12.1 Å². The number of hydrogen-bond donors (Lipinski definition) is 0. The van der Waals surface area contributed by atoms with Crippen LogP contribution in [0, 0.1) is 11.8 Å². The van der Waals surface area contributed by atoms with Crippen molar-refractivity contribution >= 4 is 46.7 Å². The van der Waals surface area contributed by atoms with Gasteiger partial charge in [0.05, 0.1) is 19.9 Å². The van der Waals surface area contributed by atoms with Gasteiger partial charge in [-0.1, -0.05) is 55.4 Å². The highest BCUT2D eigenvalue weighted by Crippen LogP contribution is 2.35. The van der Waals surface area contributed by atoms with E-state index >= 15 is 0 Å². The number of unbranched alkanes of at least 4 members (excludes halogenated alkanes) is 4. The average Bonchev–Trinajstić information content (AvgIpc) is 3.18. The van der Waals surface area contributed by atoms with Crippen LogP contribution in [0.1, 0.15) is 83.9 Å². The molecule has 0 saturated carbocycles. The summed E-state index contributed by atoms with van der Waals surface area (Å²) < 4.78 is 18.0. The van der Waals surface area contributed by atoms with Gasteiger partial charge in [-0.25, -0.2) is 4.79 Å². The lowest BCUT2D eigenvalue weighted by Crippen LogP contribution is -2.34. The summed E-state index contributed by atoms with van der Waals surface area (Å²) in [5.41, 5.74) is 0.637. The lowest BCUT2D eigenvalue weighted by Gasteiger charge is -2.26. The molecule has 0 bridgehead atoms. The Morgan fingerprint density at radius 1 is 1.03 bits per heavy atom. The van der Waals surface area contributed by atoms with Crippen LogP contribution in [0.2, 0.25) is 0 Å². The highest BCUT2D eigenvalue weighted by atomic mass is 127. The van der Waals surface area contributed by atoms with Gasteiger partial charge in [0.25, 0.3) is 0 Å².